The average Bonchev–Trinajstić information content (AvgIpc) is 3.07. The summed E-state index contributed by atoms with van der Waals surface area (Å²) in [5.41, 5.74) is 2.59. The van der Waals surface area contributed by atoms with Crippen LogP contribution in [0.15, 0.2) is 77.8 Å². The molecule has 0 aromatic heterocycles. The molecule has 108 valence electrons. The Morgan fingerprint density at radius 1 is 0.864 bits per heavy atom. The van der Waals surface area contributed by atoms with Gasteiger partial charge in [-0.05, 0) is 5.56 Å². The molecular formula is C19H15NS2. The monoisotopic (exact) mass is 321 g/mol. The molecule has 4 atom stereocenters. The van der Waals surface area contributed by atoms with E-state index in [9.17, 15) is 0 Å². The van der Waals surface area contributed by atoms with Crippen LogP contribution in [0.4, 0.5) is 0 Å². The van der Waals surface area contributed by atoms with Crippen molar-refractivity contribution in [1.82, 2.24) is 0 Å². The quantitative estimate of drug-likeness (QED) is 0.743. The van der Waals surface area contributed by atoms with Crippen molar-refractivity contribution in [3.8, 4) is 0 Å². The lowest BCUT2D eigenvalue weighted by molar-refractivity contribution is 0.505. The Kier molecular flexibility index (Phi) is 2.83. The Morgan fingerprint density at radius 3 is 2.36 bits per heavy atom. The van der Waals surface area contributed by atoms with Gasteiger partial charge >= 0.3 is 0 Å². The van der Waals surface area contributed by atoms with Gasteiger partial charge in [0.05, 0.1) is 0 Å². The zero-order valence-electron chi connectivity index (χ0n) is 11.9. The van der Waals surface area contributed by atoms with Crippen molar-refractivity contribution in [2.24, 2.45) is 10.9 Å². The fourth-order valence-corrected chi connectivity index (χ4v) is 7.21. The molecular weight excluding hydrogens is 306 g/mol. The van der Waals surface area contributed by atoms with Gasteiger partial charge in [0, 0.05) is 22.0 Å². The van der Waals surface area contributed by atoms with Crippen molar-refractivity contribution in [1.29, 1.82) is 0 Å². The van der Waals surface area contributed by atoms with Crippen LogP contribution < -0.4 is 0 Å². The van der Waals surface area contributed by atoms with Gasteiger partial charge in [-0.3, -0.25) is 4.99 Å². The third-order valence-corrected chi connectivity index (χ3v) is 7.94. The molecule has 1 aliphatic carbocycles. The molecule has 1 fully saturated rings. The molecule has 22 heavy (non-hydrogen) atoms. The van der Waals surface area contributed by atoms with Crippen molar-refractivity contribution >= 4 is 28.6 Å². The number of rotatable bonds is 2. The molecule has 0 saturated carbocycles. The van der Waals surface area contributed by atoms with E-state index in [2.05, 4.69) is 72.8 Å². The van der Waals surface area contributed by atoms with Gasteiger partial charge in [0.25, 0.3) is 0 Å². The molecule has 4 bridgehead atoms. The third kappa shape index (κ3) is 1.73. The van der Waals surface area contributed by atoms with Gasteiger partial charge in [0.2, 0.25) is 0 Å². The Morgan fingerprint density at radius 2 is 1.59 bits per heavy atom. The standard InChI is InChI=1S/C19H15NS2/c1-3-7-13(8-4-1)18-20-19(14-9-5-2-6-10-14)15-11-12-16(22-19)17(15)21-18/h1-12,15-17H/t15-,16+,17-,19-/m0/s1. The minimum absolute atomic E-state index is 0.123. The van der Waals surface area contributed by atoms with Gasteiger partial charge in [-0.2, -0.15) is 0 Å². The lowest BCUT2D eigenvalue weighted by Crippen LogP contribution is -2.33. The van der Waals surface area contributed by atoms with Crippen molar-refractivity contribution in [3.05, 3.63) is 83.9 Å². The van der Waals surface area contributed by atoms with Gasteiger partial charge in [-0.25, -0.2) is 0 Å². The molecule has 0 amide bonds. The number of benzene rings is 2. The van der Waals surface area contributed by atoms with E-state index in [1.54, 1.807) is 0 Å². The molecule has 0 radical (unpaired) electrons. The van der Waals surface area contributed by atoms with E-state index in [1.165, 1.54) is 16.2 Å². The van der Waals surface area contributed by atoms with Crippen LogP contribution in [0.1, 0.15) is 11.1 Å². The maximum atomic E-state index is 5.29. The maximum absolute atomic E-state index is 5.29. The van der Waals surface area contributed by atoms with E-state index >= 15 is 0 Å². The van der Waals surface area contributed by atoms with Crippen molar-refractivity contribution in [3.63, 3.8) is 0 Å². The highest BCUT2D eigenvalue weighted by atomic mass is 32.2. The van der Waals surface area contributed by atoms with E-state index in [1.807, 2.05) is 23.5 Å². The number of hydrogen-bond acceptors (Lipinski definition) is 3. The van der Waals surface area contributed by atoms with Crippen molar-refractivity contribution < 1.29 is 0 Å². The predicted molar refractivity (Wildman–Crippen MR) is 96.5 cm³/mol. The summed E-state index contributed by atoms with van der Waals surface area (Å²) in [6, 6.07) is 21.5. The highest BCUT2D eigenvalue weighted by molar-refractivity contribution is 8.16. The van der Waals surface area contributed by atoms with Gasteiger partial charge in [0.15, 0.2) is 0 Å². The van der Waals surface area contributed by atoms with Crippen molar-refractivity contribution in [2.45, 2.75) is 15.4 Å². The topological polar surface area (TPSA) is 12.4 Å². The predicted octanol–water partition coefficient (Wildman–Crippen LogP) is 4.70. The second-order valence-electron chi connectivity index (χ2n) is 5.92. The molecule has 0 N–H and O–H groups in total. The van der Waals surface area contributed by atoms with Crippen LogP contribution in [0, 0.1) is 5.92 Å². The largest absolute Gasteiger partial charge is 0.255 e. The fraction of sp³-hybridized carbons (Fsp3) is 0.211. The first kappa shape index (κ1) is 13.0. The smallest absolute Gasteiger partial charge is 0.140 e. The van der Waals surface area contributed by atoms with Gasteiger partial charge < -0.3 is 0 Å². The molecule has 0 spiro atoms. The normalized spacial score (nSPS) is 34.7. The summed E-state index contributed by atoms with van der Waals surface area (Å²) >= 11 is 4.00. The molecule has 0 unspecified atom stereocenters. The summed E-state index contributed by atoms with van der Waals surface area (Å²) in [7, 11) is 0. The third-order valence-electron chi connectivity index (χ3n) is 4.68. The first-order chi connectivity index (χ1) is 10.9. The van der Waals surface area contributed by atoms with E-state index in [0.29, 0.717) is 16.4 Å². The Hall–Kier alpha value is -1.45. The van der Waals surface area contributed by atoms with Crippen LogP contribution in [0.3, 0.4) is 0 Å². The summed E-state index contributed by atoms with van der Waals surface area (Å²) in [6.07, 6.45) is 4.79. The second-order valence-corrected chi connectivity index (χ2v) is 8.49. The first-order valence-electron chi connectivity index (χ1n) is 7.60. The van der Waals surface area contributed by atoms with E-state index in [-0.39, 0.29) is 4.87 Å². The van der Waals surface area contributed by atoms with E-state index in [0.717, 1.165) is 0 Å². The van der Waals surface area contributed by atoms with Crippen molar-refractivity contribution in [2.75, 3.05) is 0 Å². The van der Waals surface area contributed by atoms with Gasteiger partial charge in [0.1, 0.15) is 9.91 Å². The molecule has 2 aliphatic heterocycles. The van der Waals surface area contributed by atoms with Gasteiger partial charge in [-0.15, -0.1) is 23.5 Å². The fourth-order valence-electron chi connectivity index (χ4n) is 3.66. The lowest BCUT2D eigenvalue weighted by atomic mass is 9.92. The molecule has 2 heterocycles. The summed E-state index contributed by atoms with van der Waals surface area (Å²) in [6.45, 7) is 0. The lowest BCUT2D eigenvalue weighted by Gasteiger charge is -2.35. The van der Waals surface area contributed by atoms with Crippen LogP contribution >= 0.6 is 23.5 Å². The van der Waals surface area contributed by atoms with E-state index in [4.69, 9.17) is 4.99 Å². The molecule has 2 aromatic carbocycles. The molecule has 2 aromatic rings. The Balaban J connectivity index is 1.69. The number of thioether (sulfide) groups is 2. The molecule has 1 nitrogen and oxygen atoms in total. The maximum Gasteiger partial charge on any atom is 0.140 e. The molecule has 1 saturated heterocycles. The molecule has 5 rings (SSSR count). The van der Waals surface area contributed by atoms with Crippen LogP contribution in [0.25, 0.3) is 0 Å². The summed E-state index contributed by atoms with van der Waals surface area (Å²) in [5.74, 6) is 0.516. The highest BCUT2D eigenvalue weighted by Gasteiger charge is 2.59. The van der Waals surface area contributed by atoms with Crippen LogP contribution in [0.5, 0.6) is 0 Å². The number of nitrogens with zero attached hydrogens (tertiary/aromatic N) is 1. The van der Waals surface area contributed by atoms with Gasteiger partial charge in [-0.1, -0.05) is 72.8 Å². The number of aliphatic imine (C=N–C) groups is 1. The first-order valence-corrected chi connectivity index (χ1v) is 9.36. The van der Waals surface area contributed by atoms with E-state index < -0.39 is 0 Å². The number of hydrogen-bond donors (Lipinski definition) is 0. The molecule has 3 aliphatic rings. The zero-order valence-corrected chi connectivity index (χ0v) is 13.6. The summed E-state index contributed by atoms with van der Waals surface area (Å²) < 4.78 is 0. The molecule has 3 heteroatoms. The zero-order chi connectivity index (χ0) is 14.6. The van der Waals surface area contributed by atoms with Crippen LogP contribution in [-0.4, -0.2) is 15.5 Å². The minimum atomic E-state index is -0.123. The van der Waals surface area contributed by atoms with Crippen LogP contribution in [-0.2, 0) is 4.87 Å². The SMILES string of the molecule is C1=C[C@H]2[C@@H]3SC(c4ccccc4)=N[C@@]2(c2ccccc2)S[C@H]13. The Bertz CT molecular complexity index is 769. The van der Waals surface area contributed by atoms with Crippen LogP contribution in [0.2, 0.25) is 0 Å². The summed E-state index contributed by atoms with van der Waals surface area (Å²) in [4.78, 5) is 5.16. The summed E-state index contributed by atoms with van der Waals surface area (Å²) in [5, 5.41) is 2.41. The second kappa shape index (κ2) is 4.77. The Labute approximate surface area is 138 Å². The average molecular weight is 321 g/mol. The minimum Gasteiger partial charge on any atom is -0.255 e. The highest BCUT2D eigenvalue weighted by Crippen LogP contribution is 2.65.